The number of carboxylic acid groups (broad SMARTS) is 1. The number of hydrogen-bond acceptors (Lipinski definition) is 5. The van der Waals surface area contributed by atoms with Crippen LogP contribution in [0.2, 0.25) is 0 Å². The third kappa shape index (κ3) is 7.28. The molecule has 2 heterocycles. The summed E-state index contributed by atoms with van der Waals surface area (Å²) < 4.78 is 44.4. The topological polar surface area (TPSA) is 85.6 Å². The van der Waals surface area contributed by atoms with Crippen LogP contribution < -0.4 is 5.32 Å². The molecule has 0 unspecified atom stereocenters. The van der Waals surface area contributed by atoms with Gasteiger partial charge in [-0.05, 0) is 24.9 Å². The number of ether oxygens (including phenoxy) is 2. The van der Waals surface area contributed by atoms with Gasteiger partial charge >= 0.3 is 12.1 Å². The first-order valence-corrected chi connectivity index (χ1v) is 7.35. The fourth-order valence-electron chi connectivity index (χ4n) is 2.26. The van der Waals surface area contributed by atoms with Crippen molar-refractivity contribution in [3.63, 3.8) is 0 Å². The Kier molecular flexibility index (Phi) is 8.16. The lowest BCUT2D eigenvalue weighted by molar-refractivity contribution is -0.192. The van der Waals surface area contributed by atoms with E-state index in [9.17, 15) is 13.2 Å². The van der Waals surface area contributed by atoms with E-state index in [1.807, 2.05) is 17.9 Å². The molecule has 24 heavy (non-hydrogen) atoms. The van der Waals surface area contributed by atoms with Gasteiger partial charge in [-0.2, -0.15) is 18.3 Å². The van der Waals surface area contributed by atoms with Crippen LogP contribution in [0.3, 0.4) is 0 Å². The Balaban J connectivity index is 0.000000351. The third-order valence-electron chi connectivity index (χ3n) is 3.36. The van der Waals surface area contributed by atoms with Crippen LogP contribution in [0.1, 0.15) is 12.0 Å². The van der Waals surface area contributed by atoms with Gasteiger partial charge in [-0.3, -0.25) is 4.68 Å². The van der Waals surface area contributed by atoms with E-state index in [1.54, 1.807) is 7.11 Å². The summed E-state index contributed by atoms with van der Waals surface area (Å²) in [5, 5.41) is 14.8. The molecule has 2 atom stereocenters. The number of carbonyl (C=O) groups is 1. The quantitative estimate of drug-likeness (QED) is 0.742. The van der Waals surface area contributed by atoms with Crippen LogP contribution in [-0.4, -0.2) is 66.0 Å². The van der Waals surface area contributed by atoms with Crippen molar-refractivity contribution in [1.82, 2.24) is 15.1 Å². The second-order valence-corrected chi connectivity index (χ2v) is 5.28. The fourth-order valence-corrected chi connectivity index (χ4v) is 2.26. The van der Waals surface area contributed by atoms with Gasteiger partial charge in [-0.25, -0.2) is 4.79 Å². The first kappa shape index (κ1) is 20.4. The Morgan fingerprint density at radius 3 is 2.67 bits per heavy atom. The Hall–Kier alpha value is -1.65. The fraction of sp³-hybridized carbons (Fsp3) is 0.714. The van der Waals surface area contributed by atoms with Gasteiger partial charge in [-0.15, -0.1) is 0 Å². The summed E-state index contributed by atoms with van der Waals surface area (Å²) >= 11 is 0. The summed E-state index contributed by atoms with van der Waals surface area (Å²) in [5.74, 6) is -2.76. The zero-order valence-electron chi connectivity index (χ0n) is 13.5. The highest BCUT2D eigenvalue weighted by Gasteiger charge is 2.38. The summed E-state index contributed by atoms with van der Waals surface area (Å²) in [5.41, 5.74) is 1.26. The molecular weight excluding hydrogens is 331 g/mol. The summed E-state index contributed by atoms with van der Waals surface area (Å²) in [4.78, 5) is 8.90. The van der Waals surface area contributed by atoms with Crippen molar-refractivity contribution in [2.45, 2.75) is 31.2 Å². The van der Waals surface area contributed by atoms with E-state index < -0.39 is 12.1 Å². The van der Waals surface area contributed by atoms with Crippen LogP contribution in [0, 0.1) is 0 Å². The number of nitrogens with one attached hydrogen (secondary N) is 1. The molecule has 1 aromatic rings. The van der Waals surface area contributed by atoms with Gasteiger partial charge in [-0.1, -0.05) is 0 Å². The van der Waals surface area contributed by atoms with Crippen molar-refractivity contribution >= 4 is 5.97 Å². The summed E-state index contributed by atoms with van der Waals surface area (Å²) in [6.07, 6.45) is 1.25. The predicted molar refractivity (Wildman–Crippen MR) is 78.6 cm³/mol. The minimum atomic E-state index is -5.08. The van der Waals surface area contributed by atoms with Crippen LogP contribution in [0.25, 0.3) is 0 Å². The van der Waals surface area contributed by atoms with Gasteiger partial charge in [0.15, 0.2) is 0 Å². The summed E-state index contributed by atoms with van der Waals surface area (Å²) in [6, 6.07) is 0.399. The highest BCUT2D eigenvalue weighted by Crippen LogP contribution is 2.16. The average Bonchev–Trinajstić information content (AvgIpc) is 3.09. The van der Waals surface area contributed by atoms with E-state index in [4.69, 9.17) is 19.4 Å². The van der Waals surface area contributed by atoms with E-state index in [0.717, 1.165) is 19.4 Å². The molecule has 0 aliphatic carbocycles. The molecule has 0 spiro atoms. The molecule has 0 radical (unpaired) electrons. The normalized spacial score (nSPS) is 20.5. The molecule has 2 rings (SSSR count). The molecule has 0 bridgehead atoms. The van der Waals surface area contributed by atoms with Crippen molar-refractivity contribution in [3.05, 3.63) is 18.0 Å². The lowest BCUT2D eigenvalue weighted by atomic mass is 10.1. The predicted octanol–water partition coefficient (Wildman–Crippen LogP) is 0.989. The van der Waals surface area contributed by atoms with Crippen LogP contribution >= 0.6 is 0 Å². The largest absolute Gasteiger partial charge is 0.490 e. The molecule has 0 saturated carbocycles. The van der Waals surface area contributed by atoms with Gasteiger partial charge in [0.25, 0.3) is 0 Å². The zero-order chi connectivity index (χ0) is 18.2. The molecule has 1 aliphatic heterocycles. The lowest BCUT2D eigenvalue weighted by Gasteiger charge is -2.19. The summed E-state index contributed by atoms with van der Waals surface area (Å²) in [6.45, 7) is 2.37. The van der Waals surface area contributed by atoms with Crippen molar-refractivity contribution in [2.75, 3.05) is 26.9 Å². The van der Waals surface area contributed by atoms with E-state index in [0.29, 0.717) is 25.4 Å². The monoisotopic (exact) mass is 353 g/mol. The lowest BCUT2D eigenvalue weighted by Crippen LogP contribution is -2.34. The molecule has 2 N–H and O–H groups in total. The Morgan fingerprint density at radius 1 is 1.50 bits per heavy atom. The van der Waals surface area contributed by atoms with Gasteiger partial charge in [0.05, 0.1) is 25.5 Å². The number of carboxylic acids is 1. The number of alkyl halides is 3. The number of aryl methyl sites for hydroxylation is 1. The second kappa shape index (κ2) is 9.60. The van der Waals surface area contributed by atoms with Crippen molar-refractivity contribution in [3.8, 4) is 0 Å². The molecular formula is C14H22F3N3O4. The first-order chi connectivity index (χ1) is 11.2. The van der Waals surface area contributed by atoms with E-state index >= 15 is 0 Å². The molecule has 0 aromatic carbocycles. The molecule has 138 valence electrons. The number of aromatic nitrogens is 2. The van der Waals surface area contributed by atoms with Crippen LogP contribution in [-0.2, 0) is 27.7 Å². The van der Waals surface area contributed by atoms with Crippen molar-refractivity contribution in [1.29, 1.82) is 0 Å². The minimum absolute atomic E-state index is 0.297. The Bertz CT molecular complexity index is 508. The number of nitrogens with zero attached hydrogens (tertiary/aromatic N) is 2. The van der Waals surface area contributed by atoms with Gasteiger partial charge < -0.3 is 19.9 Å². The third-order valence-corrected chi connectivity index (χ3v) is 3.36. The SMILES string of the molecule is COCCO[C@@H]1CCN[C@H]1Cc1cnn(C)c1.O=C(O)C(F)(F)F. The highest BCUT2D eigenvalue weighted by molar-refractivity contribution is 5.73. The number of methoxy groups -OCH3 is 1. The Labute approximate surface area is 137 Å². The van der Waals surface area contributed by atoms with Crippen LogP contribution in [0.15, 0.2) is 12.4 Å². The molecule has 1 aliphatic rings. The van der Waals surface area contributed by atoms with E-state index in [-0.39, 0.29) is 0 Å². The molecule has 1 saturated heterocycles. The van der Waals surface area contributed by atoms with E-state index in [2.05, 4.69) is 16.6 Å². The molecule has 1 fully saturated rings. The minimum Gasteiger partial charge on any atom is -0.475 e. The smallest absolute Gasteiger partial charge is 0.475 e. The zero-order valence-corrected chi connectivity index (χ0v) is 13.5. The second-order valence-electron chi connectivity index (χ2n) is 5.28. The number of halogens is 3. The van der Waals surface area contributed by atoms with Crippen molar-refractivity contribution < 1.29 is 32.5 Å². The molecule has 7 nitrogen and oxygen atoms in total. The first-order valence-electron chi connectivity index (χ1n) is 7.35. The number of hydrogen-bond donors (Lipinski definition) is 2. The highest BCUT2D eigenvalue weighted by atomic mass is 19.4. The van der Waals surface area contributed by atoms with Gasteiger partial charge in [0.2, 0.25) is 0 Å². The van der Waals surface area contributed by atoms with E-state index in [1.165, 1.54) is 5.56 Å². The van der Waals surface area contributed by atoms with Gasteiger partial charge in [0, 0.05) is 26.4 Å². The average molecular weight is 353 g/mol. The standard InChI is InChI=1S/C12H21N3O2.C2HF3O2/c1-15-9-10(8-14-15)7-11-12(3-4-13-11)17-6-5-16-2;3-2(4,5)1(6)7/h8-9,11-13H,3-7H2,1-2H3;(H,6,7)/t11-,12+;/m0./s1. The number of rotatable bonds is 6. The maximum absolute atomic E-state index is 10.6. The van der Waals surface area contributed by atoms with Crippen molar-refractivity contribution in [2.24, 2.45) is 7.05 Å². The Morgan fingerprint density at radius 2 is 2.17 bits per heavy atom. The van der Waals surface area contributed by atoms with Crippen LogP contribution in [0.4, 0.5) is 13.2 Å². The molecule has 1 aromatic heterocycles. The molecule has 10 heteroatoms. The van der Waals surface area contributed by atoms with Gasteiger partial charge in [0.1, 0.15) is 0 Å². The maximum atomic E-state index is 10.6. The summed E-state index contributed by atoms with van der Waals surface area (Å²) in [7, 11) is 3.64. The maximum Gasteiger partial charge on any atom is 0.490 e. The molecule has 0 amide bonds. The number of aliphatic carboxylic acids is 1. The van der Waals surface area contributed by atoms with Crippen LogP contribution in [0.5, 0.6) is 0 Å².